The zero-order valence-electron chi connectivity index (χ0n) is 20.3. The molecule has 0 spiro atoms. The molecule has 10 atom stereocenters. The van der Waals surface area contributed by atoms with Crippen molar-refractivity contribution in [2.24, 2.45) is 5.92 Å². The van der Waals surface area contributed by atoms with E-state index in [1.165, 1.54) is 44.9 Å². The molecule has 11 nitrogen and oxygen atoms in total. The van der Waals surface area contributed by atoms with Crippen molar-refractivity contribution in [3.63, 3.8) is 0 Å². The van der Waals surface area contributed by atoms with Gasteiger partial charge in [0.1, 0.15) is 48.8 Å². The second-order valence-electron chi connectivity index (χ2n) is 10.1. The highest BCUT2D eigenvalue weighted by atomic mass is 16.7. The number of aliphatic hydroxyl groups excluding tert-OH is 7. The topological polar surface area (TPSA) is 179 Å². The first-order valence-corrected chi connectivity index (χ1v) is 13.1. The summed E-state index contributed by atoms with van der Waals surface area (Å²) >= 11 is 0. The first-order valence-electron chi connectivity index (χ1n) is 13.1. The molecule has 0 bridgehead atoms. The van der Waals surface area contributed by atoms with Gasteiger partial charge in [-0.05, 0) is 12.3 Å². The quantitative estimate of drug-likeness (QED) is 0.163. The molecule has 1 aliphatic carbocycles. The summed E-state index contributed by atoms with van der Waals surface area (Å²) in [5.74, 6) is 0.876. The zero-order valence-corrected chi connectivity index (χ0v) is 20.3. The molecule has 0 aromatic carbocycles. The van der Waals surface area contributed by atoms with Gasteiger partial charge >= 0.3 is 0 Å². The zero-order chi connectivity index (χ0) is 25.4. The molecule has 206 valence electrons. The Morgan fingerprint density at radius 3 is 1.94 bits per heavy atom. The van der Waals surface area contributed by atoms with Crippen LogP contribution < -0.4 is 0 Å². The predicted molar refractivity (Wildman–Crippen MR) is 122 cm³/mol. The Balaban J connectivity index is 1.41. The predicted octanol–water partition coefficient (Wildman–Crippen LogP) is -0.842. The lowest BCUT2D eigenvalue weighted by atomic mass is 9.85. The molecule has 0 unspecified atom stereocenters. The summed E-state index contributed by atoms with van der Waals surface area (Å²) in [6.45, 7) is -0.891. The molecule has 11 heteroatoms. The molecule has 0 aromatic heterocycles. The number of hydrogen-bond donors (Lipinski definition) is 7. The van der Waals surface area contributed by atoms with Gasteiger partial charge in [-0.3, -0.25) is 0 Å². The molecule has 0 radical (unpaired) electrons. The summed E-state index contributed by atoms with van der Waals surface area (Å²) < 4.78 is 22.1. The van der Waals surface area contributed by atoms with Gasteiger partial charge in [-0.1, -0.05) is 57.8 Å². The third kappa shape index (κ3) is 7.78. The third-order valence-corrected chi connectivity index (χ3v) is 7.47. The summed E-state index contributed by atoms with van der Waals surface area (Å²) in [7, 11) is 0. The number of rotatable bonds is 12. The van der Waals surface area contributed by atoms with Gasteiger partial charge in [-0.25, -0.2) is 0 Å². The van der Waals surface area contributed by atoms with E-state index in [-0.39, 0.29) is 0 Å². The number of hydrogen-bond acceptors (Lipinski definition) is 11. The van der Waals surface area contributed by atoms with E-state index in [0.29, 0.717) is 6.61 Å². The van der Waals surface area contributed by atoms with E-state index >= 15 is 0 Å². The molecule has 3 rings (SSSR count). The lowest BCUT2D eigenvalue weighted by molar-refractivity contribution is -0.359. The van der Waals surface area contributed by atoms with Gasteiger partial charge in [0, 0.05) is 6.61 Å². The van der Waals surface area contributed by atoms with E-state index in [1.807, 2.05) is 0 Å². The first-order chi connectivity index (χ1) is 16.9. The monoisotopic (exact) mass is 508 g/mol. The minimum Gasteiger partial charge on any atom is -0.394 e. The van der Waals surface area contributed by atoms with Crippen molar-refractivity contribution < 1.29 is 54.7 Å². The Bertz CT molecular complexity index is 586. The highest BCUT2D eigenvalue weighted by molar-refractivity contribution is 4.94. The van der Waals surface area contributed by atoms with Crippen LogP contribution in [-0.4, -0.2) is 117 Å². The number of ether oxygens (including phenoxy) is 4. The van der Waals surface area contributed by atoms with Crippen LogP contribution in [0.1, 0.15) is 64.2 Å². The van der Waals surface area contributed by atoms with Crippen molar-refractivity contribution >= 4 is 0 Å². The Morgan fingerprint density at radius 1 is 0.629 bits per heavy atom. The van der Waals surface area contributed by atoms with Crippen LogP contribution in [0.5, 0.6) is 0 Å². The maximum Gasteiger partial charge on any atom is 0.187 e. The fourth-order valence-electron chi connectivity index (χ4n) is 5.26. The van der Waals surface area contributed by atoms with Crippen molar-refractivity contribution in [2.45, 2.75) is 126 Å². The summed E-state index contributed by atoms with van der Waals surface area (Å²) in [6, 6.07) is 0. The second-order valence-corrected chi connectivity index (χ2v) is 10.1. The summed E-state index contributed by atoms with van der Waals surface area (Å²) in [6.07, 6.45) is -2.12. The molecule has 3 fully saturated rings. The minimum atomic E-state index is -1.69. The minimum absolute atomic E-state index is 0.328. The van der Waals surface area contributed by atoms with E-state index in [4.69, 9.17) is 18.9 Å². The van der Waals surface area contributed by atoms with Crippen LogP contribution >= 0.6 is 0 Å². The molecule has 0 aromatic rings. The Morgan fingerprint density at radius 2 is 1.26 bits per heavy atom. The molecule has 3 aliphatic rings. The van der Waals surface area contributed by atoms with Crippen LogP contribution in [-0.2, 0) is 18.9 Å². The molecule has 2 saturated heterocycles. The first kappa shape index (κ1) is 29.1. The van der Waals surface area contributed by atoms with Gasteiger partial charge in [0.05, 0.1) is 13.2 Å². The molecular weight excluding hydrogens is 464 g/mol. The summed E-state index contributed by atoms with van der Waals surface area (Å²) in [4.78, 5) is 0. The normalized spacial score (nSPS) is 41.2. The van der Waals surface area contributed by atoms with Crippen LogP contribution in [0.4, 0.5) is 0 Å². The van der Waals surface area contributed by atoms with Crippen molar-refractivity contribution in [1.29, 1.82) is 0 Å². The summed E-state index contributed by atoms with van der Waals surface area (Å²) in [5, 5.41) is 70.2. The molecule has 0 amide bonds. The maximum atomic E-state index is 10.6. The highest BCUT2D eigenvalue weighted by Crippen LogP contribution is 2.30. The average Bonchev–Trinajstić information content (AvgIpc) is 2.87. The lowest BCUT2D eigenvalue weighted by Gasteiger charge is -2.45. The van der Waals surface area contributed by atoms with Gasteiger partial charge in [0.2, 0.25) is 0 Å². The second kappa shape index (κ2) is 14.5. The molecular formula is C24H44O11. The van der Waals surface area contributed by atoms with Crippen molar-refractivity contribution in [3.05, 3.63) is 0 Å². The standard InChI is InChI=1S/C24H44O11/c25-12-15-17(27)18(28)20(30)24(33-15)35-22-16(13-26)34-23(21(31)19(22)29)32-11-7-2-1-4-8-14-9-5-3-6-10-14/h14-31H,1-13H2/t15-,16-,17-,18+,19-,20-,21-,22-,23-,24-/m1/s1. The van der Waals surface area contributed by atoms with E-state index in [9.17, 15) is 35.7 Å². The van der Waals surface area contributed by atoms with Gasteiger partial charge < -0.3 is 54.7 Å². The molecule has 2 aliphatic heterocycles. The van der Waals surface area contributed by atoms with Gasteiger partial charge in [-0.2, -0.15) is 0 Å². The third-order valence-electron chi connectivity index (χ3n) is 7.47. The molecule has 7 N–H and O–H groups in total. The Hall–Kier alpha value is -0.440. The molecule has 1 saturated carbocycles. The average molecular weight is 509 g/mol. The largest absolute Gasteiger partial charge is 0.394 e. The van der Waals surface area contributed by atoms with Gasteiger partial charge in [-0.15, -0.1) is 0 Å². The van der Waals surface area contributed by atoms with E-state index in [0.717, 1.165) is 25.2 Å². The number of aliphatic hydroxyl groups is 7. The van der Waals surface area contributed by atoms with Crippen molar-refractivity contribution in [1.82, 2.24) is 0 Å². The molecule has 2 heterocycles. The smallest absolute Gasteiger partial charge is 0.187 e. The highest BCUT2D eigenvalue weighted by Gasteiger charge is 2.50. The van der Waals surface area contributed by atoms with Gasteiger partial charge in [0.25, 0.3) is 0 Å². The van der Waals surface area contributed by atoms with Gasteiger partial charge in [0.15, 0.2) is 12.6 Å². The Labute approximate surface area is 206 Å². The lowest BCUT2D eigenvalue weighted by Crippen LogP contribution is -2.64. The molecule has 35 heavy (non-hydrogen) atoms. The van der Waals surface area contributed by atoms with E-state index < -0.39 is 74.6 Å². The van der Waals surface area contributed by atoms with Crippen molar-refractivity contribution in [2.75, 3.05) is 19.8 Å². The Kier molecular flexibility index (Phi) is 12.1. The van der Waals surface area contributed by atoms with Crippen molar-refractivity contribution in [3.8, 4) is 0 Å². The number of unbranched alkanes of at least 4 members (excludes halogenated alkanes) is 3. The maximum absolute atomic E-state index is 10.6. The van der Waals surface area contributed by atoms with Crippen LogP contribution in [0.2, 0.25) is 0 Å². The van der Waals surface area contributed by atoms with Crippen LogP contribution in [0, 0.1) is 5.92 Å². The fraction of sp³-hybridized carbons (Fsp3) is 1.00. The van der Waals surface area contributed by atoms with Crippen LogP contribution in [0.25, 0.3) is 0 Å². The van der Waals surface area contributed by atoms with Crippen LogP contribution in [0.15, 0.2) is 0 Å². The summed E-state index contributed by atoms with van der Waals surface area (Å²) in [5.41, 5.74) is 0. The van der Waals surface area contributed by atoms with E-state index in [1.54, 1.807) is 0 Å². The van der Waals surface area contributed by atoms with Crippen LogP contribution in [0.3, 0.4) is 0 Å². The SMILES string of the molecule is OC[C@H]1O[C@H](O[C@H]2[C@H](O)[C@@H](O)[C@H](OCCCCCCC3CCCCC3)O[C@@H]2CO)[C@H](O)[C@@H](O)[C@@H]1O. The van der Waals surface area contributed by atoms with E-state index in [2.05, 4.69) is 0 Å². The fourth-order valence-corrected chi connectivity index (χ4v) is 5.26.